The second kappa shape index (κ2) is 8.26. The molecule has 27 heavy (non-hydrogen) atoms. The number of ether oxygens (including phenoxy) is 3. The van der Waals surface area contributed by atoms with Crippen molar-refractivity contribution in [2.24, 2.45) is 0 Å². The summed E-state index contributed by atoms with van der Waals surface area (Å²) in [6.07, 6.45) is 1.31. The molecule has 1 aromatic carbocycles. The maximum Gasteiger partial charge on any atom is 0.326 e. The Morgan fingerprint density at radius 3 is 2.85 bits per heavy atom. The second-order valence-electron chi connectivity index (χ2n) is 6.41. The quantitative estimate of drug-likeness (QED) is 0.715. The van der Waals surface area contributed by atoms with E-state index in [1.165, 1.54) is 12.0 Å². The van der Waals surface area contributed by atoms with Gasteiger partial charge in [-0.05, 0) is 31.0 Å². The summed E-state index contributed by atoms with van der Waals surface area (Å²) in [5, 5.41) is 11.8. The van der Waals surface area contributed by atoms with Crippen LogP contribution in [0.2, 0.25) is 0 Å². The fourth-order valence-corrected chi connectivity index (χ4v) is 3.24. The average molecular weight is 378 g/mol. The topological polar surface area (TPSA) is 114 Å². The number of rotatable bonds is 7. The van der Waals surface area contributed by atoms with Gasteiger partial charge in [0.25, 0.3) is 5.91 Å². The highest BCUT2D eigenvalue weighted by Gasteiger charge is 2.36. The minimum Gasteiger partial charge on any atom is -0.480 e. The highest BCUT2D eigenvalue weighted by atomic mass is 16.7. The zero-order valence-electron chi connectivity index (χ0n) is 15.0. The van der Waals surface area contributed by atoms with Gasteiger partial charge in [-0.25, -0.2) is 4.79 Å². The molecule has 0 aromatic heterocycles. The Labute approximate surface area is 156 Å². The minimum atomic E-state index is -1.13. The first-order chi connectivity index (χ1) is 13.0. The van der Waals surface area contributed by atoms with E-state index in [1.807, 2.05) is 0 Å². The van der Waals surface area contributed by atoms with Gasteiger partial charge in [-0.15, -0.1) is 0 Å². The first kappa shape index (κ1) is 19.0. The maximum atomic E-state index is 12.9. The van der Waals surface area contributed by atoms with E-state index < -0.39 is 24.0 Å². The Balaban J connectivity index is 1.69. The molecule has 1 saturated heterocycles. The number of carbonyl (C=O) groups is 3. The standard InChI is InChI=1S/C18H22N2O7/c1-25-8-6-12(18(23)24)19-16(21)13-3-2-7-20(13)17(22)11-4-5-14-15(9-11)27-10-26-14/h4-5,9,12-13H,2-3,6-8,10H2,1H3,(H,19,21)(H,23,24). The molecule has 0 spiro atoms. The summed E-state index contributed by atoms with van der Waals surface area (Å²) in [7, 11) is 1.46. The van der Waals surface area contributed by atoms with Crippen LogP contribution in [0.4, 0.5) is 0 Å². The Bertz CT molecular complexity index is 736. The lowest BCUT2D eigenvalue weighted by molar-refractivity contribution is -0.142. The molecule has 1 fully saturated rings. The average Bonchev–Trinajstić information content (AvgIpc) is 3.32. The molecule has 2 amide bonds. The van der Waals surface area contributed by atoms with Crippen molar-refractivity contribution >= 4 is 17.8 Å². The van der Waals surface area contributed by atoms with Crippen LogP contribution in [0.5, 0.6) is 11.5 Å². The van der Waals surface area contributed by atoms with Crippen molar-refractivity contribution in [1.82, 2.24) is 10.2 Å². The lowest BCUT2D eigenvalue weighted by Crippen LogP contribution is -2.51. The summed E-state index contributed by atoms with van der Waals surface area (Å²) in [6, 6.07) is 3.12. The normalized spacial score (nSPS) is 19.0. The number of nitrogens with one attached hydrogen (secondary N) is 1. The van der Waals surface area contributed by atoms with Crippen LogP contribution < -0.4 is 14.8 Å². The van der Waals surface area contributed by atoms with Crippen LogP contribution in [0.1, 0.15) is 29.6 Å². The molecule has 0 saturated carbocycles. The molecule has 2 aliphatic heterocycles. The Hall–Kier alpha value is -2.81. The van der Waals surface area contributed by atoms with Gasteiger partial charge in [-0.3, -0.25) is 9.59 Å². The lowest BCUT2D eigenvalue weighted by atomic mass is 10.1. The Morgan fingerprint density at radius 1 is 1.33 bits per heavy atom. The van der Waals surface area contributed by atoms with Crippen LogP contribution in [0.25, 0.3) is 0 Å². The van der Waals surface area contributed by atoms with Gasteiger partial charge in [0.05, 0.1) is 0 Å². The largest absolute Gasteiger partial charge is 0.480 e. The van der Waals surface area contributed by atoms with E-state index in [9.17, 15) is 19.5 Å². The number of amides is 2. The highest BCUT2D eigenvalue weighted by Crippen LogP contribution is 2.33. The van der Waals surface area contributed by atoms with Crippen LogP contribution in [0.3, 0.4) is 0 Å². The molecule has 2 heterocycles. The molecular weight excluding hydrogens is 356 g/mol. The van der Waals surface area contributed by atoms with Gasteiger partial charge in [0, 0.05) is 32.2 Å². The first-order valence-corrected chi connectivity index (χ1v) is 8.74. The SMILES string of the molecule is COCCC(NC(=O)C1CCCN1C(=O)c1ccc2c(c1)OCO2)C(=O)O. The maximum absolute atomic E-state index is 12.9. The third-order valence-electron chi connectivity index (χ3n) is 4.66. The zero-order chi connectivity index (χ0) is 19.4. The van der Waals surface area contributed by atoms with Crippen LogP contribution in [0.15, 0.2) is 18.2 Å². The molecule has 146 valence electrons. The van der Waals surface area contributed by atoms with Crippen molar-refractivity contribution in [1.29, 1.82) is 0 Å². The number of benzene rings is 1. The van der Waals surface area contributed by atoms with Crippen LogP contribution >= 0.6 is 0 Å². The highest BCUT2D eigenvalue weighted by molar-refractivity contribution is 5.99. The number of fused-ring (bicyclic) bond motifs is 1. The fourth-order valence-electron chi connectivity index (χ4n) is 3.24. The molecule has 1 aromatic rings. The van der Waals surface area contributed by atoms with Crippen molar-refractivity contribution in [2.45, 2.75) is 31.3 Å². The van der Waals surface area contributed by atoms with Crippen molar-refractivity contribution in [2.75, 3.05) is 27.1 Å². The molecule has 2 aliphatic rings. The van der Waals surface area contributed by atoms with E-state index in [-0.39, 0.29) is 25.7 Å². The fraction of sp³-hybridized carbons (Fsp3) is 0.500. The molecule has 2 N–H and O–H groups in total. The summed E-state index contributed by atoms with van der Waals surface area (Å²) in [5.74, 6) is -0.830. The van der Waals surface area contributed by atoms with E-state index in [0.29, 0.717) is 36.4 Å². The van der Waals surface area contributed by atoms with Crippen LogP contribution in [0, 0.1) is 0 Å². The van der Waals surface area contributed by atoms with E-state index >= 15 is 0 Å². The van der Waals surface area contributed by atoms with Crippen molar-refractivity contribution in [3.8, 4) is 11.5 Å². The van der Waals surface area contributed by atoms with Crippen LogP contribution in [-0.2, 0) is 14.3 Å². The summed E-state index contributed by atoms with van der Waals surface area (Å²) >= 11 is 0. The number of hydrogen-bond acceptors (Lipinski definition) is 6. The number of methoxy groups -OCH3 is 1. The van der Waals surface area contributed by atoms with E-state index in [4.69, 9.17) is 14.2 Å². The molecule has 0 bridgehead atoms. The summed E-state index contributed by atoms with van der Waals surface area (Å²) in [5.41, 5.74) is 0.396. The second-order valence-corrected chi connectivity index (χ2v) is 6.41. The van der Waals surface area contributed by atoms with Gasteiger partial charge in [0.15, 0.2) is 11.5 Å². The Kier molecular flexibility index (Phi) is 5.80. The number of aliphatic carboxylic acids is 1. The van der Waals surface area contributed by atoms with Crippen molar-refractivity contribution in [3.05, 3.63) is 23.8 Å². The van der Waals surface area contributed by atoms with Gasteiger partial charge in [0.1, 0.15) is 12.1 Å². The minimum absolute atomic E-state index is 0.111. The number of likely N-dealkylation sites (tertiary alicyclic amines) is 1. The van der Waals surface area contributed by atoms with E-state index in [1.54, 1.807) is 18.2 Å². The smallest absolute Gasteiger partial charge is 0.326 e. The Morgan fingerprint density at radius 2 is 2.11 bits per heavy atom. The zero-order valence-corrected chi connectivity index (χ0v) is 15.0. The van der Waals surface area contributed by atoms with Gasteiger partial charge in [0.2, 0.25) is 12.7 Å². The predicted octanol–water partition coefficient (Wildman–Crippen LogP) is 0.626. The molecule has 9 nitrogen and oxygen atoms in total. The van der Waals surface area contributed by atoms with Gasteiger partial charge in [-0.1, -0.05) is 0 Å². The molecule has 9 heteroatoms. The summed E-state index contributed by atoms with van der Waals surface area (Å²) < 4.78 is 15.4. The van der Waals surface area contributed by atoms with Crippen molar-refractivity contribution < 1.29 is 33.7 Å². The third-order valence-corrected chi connectivity index (χ3v) is 4.66. The third kappa shape index (κ3) is 4.13. The first-order valence-electron chi connectivity index (χ1n) is 8.74. The van der Waals surface area contributed by atoms with Crippen LogP contribution in [-0.4, -0.2) is 66.9 Å². The predicted molar refractivity (Wildman–Crippen MR) is 92.7 cm³/mol. The summed E-state index contributed by atoms with van der Waals surface area (Å²) in [6.45, 7) is 0.753. The molecular formula is C18H22N2O7. The number of hydrogen-bond donors (Lipinski definition) is 2. The molecule has 3 rings (SSSR count). The van der Waals surface area contributed by atoms with E-state index in [2.05, 4.69) is 5.32 Å². The van der Waals surface area contributed by atoms with Gasteiger partial charge < -0.3 is 29.5 Å². The van der Waals surface area contributed by atoms with Gasteiger partial charge >= 0.3 is 5.97 Å². The number of nitrogens with zero attached hydrogens (tertiary/aromatic N) is 1. The molecule has 2 unspecified atom stereocenters. The summed E-state index contributed by atoms with van der Waals surface area (Å²) in [4.78, 5) is 38.3. The molecule has 0 radical (unpaired) electrons. The van der Waals surface area contributed by atoms with Crippen molar-refractivity contribution in [3.63, 3.8) is 0 Å². The monoisotopic (exact) mass is 378 g/mol. The molecule has 2 atom stereocenters. The number of carbonyl (C=O) groups excluding carboxylic acids is 2. The van der Waals surface area contributed by atoms with E-state index in [0.717, 1.165) is 0 Å². The molecule has 0 aliphatic carbocycles. The lowest BCUT2D eigenvalue weighted by Gasteiger charge is -2.25. The number of carboxylic acids is 1. The number of carboxylic acid groups (broad SMARTS) is 1. The van der Waals surface area contributed by atoms with Gasteiger partial charge in [-0.2, -0.15) is 0 Å².